The lowest BCUT2D eigenvalue weighted by molar-refractivity contribution is -0.926. The van der Waals surface area contributed by atoms with Crippen molar-refractivity contribution in [3.8, 4) is 5.75 Å². The summed E-state index contributed by atoms with van der Waals surface area (Å²) in [5.41, 5.74) is -2.96. The standard InChI is InChI=1S/C15H16FN3O5/c1-17-9-14(18(20)21)6-13(7-15(8-14,10-17)19(22)23)24-12-4-2-11(16)3-5-12/h2-6H,7-10H2,1H3/p+1. The Labute approximate surface area is 136 Å². The number of piperidine rings is 1. The molecule has 0 radical (unpaired) electrons. The molecule has 0 saturated carbocycles. The van der Waals surface area contributed by atoms with Gasteiger partial charge < -0.3 is 9.64 Å². The highest BCUT2D eigenvalue weighted by Crippen LogP contribution is 2.39. The SMILES string of the molecule is C[NH+]1CC2([N+](=O)[O-])C=C(Oc3ccc(F)cc3)CC([N+](=O)[O-])(C1)C2. The van der Waals surface area contributed by atoms with Crippen molar-refractivity contribution in [1.82, 2.24) is 0 Å². The van der Waals surface area contributed by atoms with Crippen LogP contribution in [-0.4, -0.2) is 41.1 Å². The summed E-state index contributed by atoms with van der Waals surface area (Å²) in [6.45, 7) is 0.353. The highest BCUT2D eigenvalue weighted by Gasteiger charge is 2.66. The van der Waals surface area contributed by atoms with Crippen molar-refractivity contribution >= 4 is 0 Å². The molecule has 1 aliphatic heterocycles. The average Bonchev–Trinajstić information content (AvgIpc) is 2.48. The number of benzene rings is 1. The van der Waals surface area contributed by atoms with Crippen molar-refractivity contribution in [1.29, 1.82) is 0 Å². The van der Waals surface area contributed by atoms with Gasteiger partial charge >= 0.3 is 0 Å². The Morgan fingerprint density at radius 3 is 2.42 bits per heavy atom. The van der Waals surface area contributed by atoms with Gasteiger partial charge in [0.15, 0.2) is 6.54 Å². The largest absolute Gasteiger partial charge is 0.461 e. The third-order valence-corrected chi connectivity index (χ3v) is 4.62. The molecule has 0 amide bonds. The van der Waals surface area contributed by atoms with Crippen molar-refractivity contribution in [3.05, 3.63) is 62.1 Å². The van der Waals surface area contributed by atoms with Gasteiger partial charge in [-0.3, -0.25) is 20.2 Å². The lowest BCUT2D eigenvalue weighted by Crippen LogP contribution is -3.15. The zero-order chi connectivity index (χ0) is 17.5. The molecule has 1 saturated heterocycles. The number of nitrogens with one attached hydrogen (secondary N) is 1. The van der Waals surface area contributed by atoms with Crippen LogP contribution in [-0.2, 0) is 0 Å². The number of quaternary nitrogens is 1. The Morgan fingerprint density at radius 1 is 1.17 bits per heavy atom. The predicted octanol–water partition coefficient (Wildman–Crippen LogP) is 0.442. The van der Waals surface area contributed by atoms with Crippen LogP contribution in [0.15, 0.2) is 36.1 Å². The molecule has 3 unspecified atom stereocenters. The van der Waals surface area contributed by atoms with Crippen LogP contribution < -0.4 is 9.64 Å². The smallest absolute Gasteiger partial charge is 0.298 e. The second-order valence-corrected chi connectivity index (χ2v) is 6.67. The number of likely N-dealkylation sites (tertiary alicyclic amines) is 1. The molecule has 1 N–H and O–H groups in total. The monoisotopic (exact) mass is 338 g/mol. The molecule has 0 spiro atoms. The summed E-state index contributed by atoms with van der Waals surface area (Å²) in [6, 6.07) is 5.17. The molecule has 0 aromatic heterocycles. The van der Waals surface area contributed by atoms with E-state index in [0.717, 1.165) is 4.90 Å². The van der Waals surface area contributed by atoms with Crippen molar-refractivity contribution in [2.75, 3.05) is 20.1 Å². The highest BCUT2D eigenvalue weighted by molar-refractivity contribution is 5.27. The normalized spacial score (nSPS) is 31.9. The summed E-state index contributed by atoms with van der Waals surface area (Å²) < 4.78 is 18.6. The molecule has 2 bridgehead atoms. The minimum atomic E-state index is -1.52. The molecular formula is C15H17FN3O5+. The number of hydrogen-bond acceptors (Lipinski definition) is 5. The van der Waals surface area contributed by atoms with Crippen LogP contribution in [0.5, 0.6) is 5.75 Å². The molecule has 1 heterocycles. The summed E-state index contributed by atoms with van der Waals surface area (Å²) in [7, 11) is 1.72. The van der Waals surface area contributed by atoms with Gasteiger partial charge in [0.1, 0.15) is 30.3 Å². The maximum atomic E-state index is 13.0. The quantitative estimate of drug-likeness (QED) is 0.634. The molecule has 9 heteroatoms. The van der Waals surface area contributed by atoms with Gasteiger partial charge in [0, 0.05) is 15.9 Å². The Balaban J connectivity index is 2.00. The first-order valence-electron chi connectivity index (χ1n) is 7.50. The first kappa shape index (κ1) is 16.3. The van der Waals surface area contributed by atoms with Gasteiger partial charge in [0.25, 0.3) is 11.1 Å². The number of fused-ring (bicyclic) bond motifs is 2. The highest BCUT2D eigenvalue weighted by atomic mass is 19.1. The predicted molar refractivity (Wildman–Crippen MR) is 80.4 cm³/mol. The summed E-state index contributed by atoms with van der Waals surface area (Å²) in [6.07, 6.45) is 1.22. The Bertz CT molecular complexity index is 722. The molecule has 3 atom stereocenters. The maximum absolute atomic E-state index is 13.0. The summed E-state index contributed by atoms with van der Waals surface area (Å²) in [5, 5.41) is 23.3. The Hall–Kier alpha value is -2.55. The summed E-state index contributed by atoms with van der Waals surface area (Å²) in [5.74, 6) is 0.0414. The minimum absolute atomic E-state index is 0.0235. The lowest BCUT2D eigenvalue weighted by atomic mass is 9.71. The second kappa shape index (κ2) is 5.52. The fraction of sp³-hybridized carbons (Fsp3) is 0.467. The third kappa shape index (κ3) is 2.71. The van der Waals surface area contributed by atoms with Gasteiger partial charge in [0.2, 0.25) is 0 Å². The molecule has 1 aliphatic carbocycles. The molecule has 24 heavy (non-hydrogen) atoms. The van der Waals surface area contributed by atoms with E-state index in [-0.39, 0.29) is 31.7 Å². The van der Waals surface area contributed by atoms with E-state index in [2.05, 4.69) is 0 Å². The number of nitrogens with zero attached hydrogens (tertiary/aromatic N) is 2. The van der Waals surface area contributed by atoms with Crippen molar-refractivity contribution in [2.45, 2.75) is 23.9 Å². The van der Waals surface area contributed by atoms with E-state index >= 15 is 0 Å². The first-order chi connectivity index (χ1) is 11.2. The van der Waals surface area contributed by atoms with E-state index in [1.165, 1.54) is 30.3 Å². The molecule has 8 nitrogen and oxygen atoms in total. The number of likely N-dealkylation sites (N-methyl/N-ethyl adjacent to an activating group) is 1. The van der Waals surface area contributed by atoms with Crippen LogP contribution in [0.2, 0.25) is 0 Å². The topological polar surface area (TPSA) is 100.0 Å². The molecule has 1 aromatic carbocycles. The number of nitro groups is 2. The van der Waals surface area contributed by atoms with Crippen molar-refractivity contribution in [3.63, 3.8) is 0 Å². The van der Waals surface area contributed by atoms with E-state index in [1.807, 2.05) is 0 Å². The molecule has 128 valence electrons. The fourth-order valence-corrected chi connectivity index (χ4v) is 3.84. The van der Waals surface area contributed by atoms with Crippen LogP contribution in [0, 0.1) is 26.0 Å². The summed E-state index contributed by atoms with van der Waals surface area (Å²) >= 11 is 0. The number of hydrogen-bond donors (Lipinski definition) is 1. The van der Waals surface area contributed by atoms with Crippen LogP contribution in [0.1, 0.15) is 12.8 Å². The van der Waals surface area contributed by atoms with E-state index in [1.54, 1.807) is 7.05 Å². The van der Waals surface area contributed by atoms with Gasteiger partial charge in [-0.05, 0) is 24.3 Å². The van der Waals surface area contributed by atoms with Crippen molar-refractivity contribution in [2.24, 2.45) is 0 Å². The van der Waals surface area contributed by atoms with Gasteiger partial charge in [-0.15, -0.1) is 0 Å². The fourth-order valence-electron chi connectivity index (χ4n) is 3.84. The molecule has 3 rings (SSSR count). The third-order valence-electron chi connectivity index (χ3n) is 4.62. The van der Waals surface area contributed by atoms with E-state index in [0.29, 0.717) is 5.75 Å². The molecule has 1 aromatic rings. The molecular weight excluding hydrogens is 321 g/mol. The van der Waals surface area contributed by atoms with Gasteiger partial charge in [-0.1, -0.05) is 0 Å². The number of halogens is 1. The average molecular weight is 338 g/mol. The second-order valence-electron chi connectivity index (χ2n) is 6.67. The van der Waals surface area contributed by atoms with E-state index in [4.69, 9.17) is 4.74 Å². The minimum Gasteiger partial charge on any atom is -0.461 e. The maximum Gasteiger partial charge on any atom is 0.298 e. The van der Waals surface area contributed by atoms with Crippen LogP contribution in [0.25, 0.3) is 0 Å². The Kier molecular flexibility index (Phi) is 3.75. The van der Waals surface area contributed by atoms with Crippen LogP contribution in [0.3, 0.4) is 0 Å². The number of rotatable bonds is 4. The Morgan fingerprint density at radius 2 is 1.83 bits per heavy atom. The molecule has 1 fully saturated rings. The van der Waals surface area contributed by atoms with E-state index in [9.17, 15) is 24.6 Å². The first-order valence-corrected chi connectivity index (χ1v) is 7.50. The number of ether oxygens (including phenoxy) is 1. The van der Waals surface area contributed by atoms with Crippen LogP contribution in [0.4, 0.5) is 4.39 Å². The van der Waals surface area contributed by atoms with Gasteiger partial charge in [-0.2, -0.15) is 0 Å². The van der Waals surface area contributed by atoms with Crippen molar-refractivity contribution < 1.29 is 23.9 Å². The van der Waals surface area contributed by atoms with Crippen LogP contribution >= 0.6 is 0 Å². The van der Waals surface area contributed by atoms with E-state index < -0.39 is 26.7 Å². The molecule has 2 aliphatic rings. The lowest BCUT2D eigenvalue weighted by Gasteiger charge is -2.41. The summed E-state index contributed by atoms with van der Waals surface area (Å²) in [4.78, 5) is 23.2. The van der Waals surface area contributed by atoms with Gasteiger partial charge in [-0.25, -0.2) is 4.39 Å². The zero-order valence-corrected chi connectivity index (χ0v) is 13.0. The van der Waals surface area contributed by atoms with Gasteiger partial charge in [0.05, 0.1) is 13.5 Å². The zero-order valence-electron chi connectivity index (χ0n) is 13.0.